The van der Waals surface area contributed by atoms with Crippen molar-refractivity contribution in [1.82, 2.24) is 14.9 Å². The molecule has 1 aliphatic heterocycles. The summed E-state index contributed by atoms with van der Waals surface area (Å²) >= 11 is 0. The van der Waals surface area contributed by atoms with E-state index in [1.54, 1.807) is 18.2 Å². The van der Waals surface area contributed by atoms with Crippen molar-refractivity contribution in [2.75, 3.05) is 20.2 Å². The van der Waals surface area contributed by atoms with Crippen molar-refractivity contribution >= 4 is 23.4 Å². The molecule has 0 amide bonds. The molecule has 8 heteroatoms. The molecule has 0 bridgehead atoms. The molecule has 174 valence electrons. The lowest BCUT2D eigenvalue weighted by Gasteiger charge is -2.15. The highest BCUT2D eigenvalue weighted by Gasteiger charge is 2.19. The summed E-state index contributed by atoms with van der Waals surface area (Å²) in [6, 6.07) is 14.9. The highest BCUT2D eigenvalue weighted by molar-refractivity contribution is 5.90. The van der Waals surface area contributed by atoms with Crippen molar-refractivity contribution in [3.05, 3.63) is 71.9 Å². The number of halogens is 3. The summed E-state index contributed by atoms with van der Waals surface area (Å²) in [5.74, 6) is -0.427. The number of methoxy groups -OCH3 is 1. The number of nitrogens with zero attached hydrogens (tertiary/aromatic N) is 3. The molecule has 0 radical (unpaired) electrons. The lowest BCUT2D eigenvalue weighted by atomic mass is 9.97. The van der Waals surface area contributed by atoms with Gasteiger partial charge in [0.2, 0.25) is 0 Å². The van der Waals surface area contributed by atoms with Gasteiger partial charge < -0.3 is 14.6 Å². The van der Waals surface area contributed by atoms with Gasteiger partial charge in [-0.1, -0.05) is 6.07 Å². The van der Waals surface area contributed by atoms with Gasteiger partial charge in [-0.05, 0) is 73.5 Å². The van der Waals surface area contributed by atoms with Gasteiger partial charge in [-0.3, -0.25) is 0 Å². The maximum absolute atomic E-state index is 14.5. The Morgan fingerprint density at radius 1 is 1.12 bits per heavy atom. The van der Waals surface area contributed by atoms with Crippen LogP contribution >= 0.6 is 12.4 Å². The van der Waals surface area contributed by atoms with E-state index in [1.165, 1.54) is 25.3 Å². The van der Waals surface area contributed by atoms with Crippen LogP contribution < -0.4 is 10.1 Å². The molecule has 3 heterocycles. The molecule has 1 N–H and O–H groups in total. The first kappa shape index (κ1) is 23.7. The van der Waals surface area contributed by atoms with Crippen LogP contribution in [0.3, 0.4) is 0 Å². The van der Waals surface area contributed by atoms with Gasteiger partial charge in [0.25, 0.3) is 0 Å². The van der Waals surface area contributed by atoms with Crippen LogP contribution in [-0.2, 0) is 6.54 Å². The fourth-order valence-corrected chi connectivity index (χ4v) is 4.45. The standard InChI is InChI=1S/C26H22F2N4O.ClH/c1-33-25-5-4-18(11-22(25)28)26-20(17-2-3-19(13-29)21(27)10-17)12-24-23(31-26)7-9-32(24)15-16-6-8-30-14-16;/h2-5,7,9-12,16,30H,6,8,14-15H2,1H3;1H/t16-;/m1./s1. The summed E-state index contributed by atoms with van der Waals surface area (Å²) in [6.45, 7) is 2.85. The first-order valence-corrected chi connectivity index (χ1v) is 10.8. The molecule has 0 unspecified atom stereocenters. The van der Waals surface area contributed by atoms with Crippen LogP contribution in [0.1, 0.15) is 12.0 Å². The minimum atomic E-state index is -0.602. The van der Waals surface area contributed by atoms with Gasteiger partial charge in [-0.25, -0.2) is 13.8 Å². The minimum absolute atomic E-state index is 0. The fourth-order valence-electron chi connectivity index (χ4n) is 4.45. The number of nitriles is 1. The highest BCUT2D eigenvalue weighted by Crippen LogP contribution is 2.36. The number of rotatable bonds is 5. The molecule has 5 nitrogen and oxygen atoms in total. The number of pyridine rings is 1. The predicted molar refractivity (Wildman–Crippen MR) is 130 cm³/mol. The molecule has 5 rings (SSSR count). The van der Waals surface area contributed by atoms with Crippen LogP contribution in [0.15, 0.2) is 54.7 Å². The SMILES string of the molecule is COc1ccc(-c2nc3ccn(C[C@@H]4CCNC4)c3cc2-c2ccc(C#N)c(F)c2)cc1F.Cl. The number of aromatic nitrogens is 2. The van der Waals surface area contributed by atoms with E-state index in [9.17, 15) is 8.78 Å². The third-order valence-corrected chi connectivity index (χ3v) is 6.20. The zero-order chi connectivity index (χ0) is 22.9. The Morgan fingerprint density at radius 2 is 1.91 bits per heavy atom. The van der Waals surface area contributed by atoms with E-state index in [4.69, 9.17) is 15.0 Å². The number of benzene rings is 2. The van der Waals surface area contributed by atoms with Crippen LogP contribution in [0, 0.1) is 28.9 Å². The largest absolute Gasteiger partial charge is 0.494 e. The Kier molecular flexibility index (Phi) is 6.82. The maximum Gasteiger partial charge on any atom is 0.165 e. The average molecular weight is 481 g/mol. The molecule has 1 fully saturated rings. The normalized spacial score (nSPS) is 15.2. The second kappa shape index (κ2) is 9.80. The molecule has 1 atom stereocenters. The summed E-state index contributed by atoms with van der Waals surface area (Å²) < 4.78 is 36.2. The van der Waals surface area contributed by atoms with E-state index in [1.807, 2.05) is 24.4 Å². The molecule has 0 saturated carbocycles. The van der Waals surface area contributed by atoms with Crippen molar-refractivity contribution in [2.24, 2.45) is 5.92 Å². The van der Waals surface area contributed by atoms with Gasteiger partial charge in [0.1, 0.15) is 11.9 Å². The quantitative estimate of drug-likeness (QED) is 0.406. The van der Waals surface area contributed by atoms with Crippen molar-refractivity contribution in [3.8, 4) is 34.2 Å². The number of hydrogen-bond donors (Lipinski definition) is 1. The zero-order valence-corrected chi connectivity index (χ0v) is 19.3. The van der Waals surface area contributed by atoms with Gasteiger partial charge in [0, 0.05) is 23.9 Å². The Bertz CT molecular complexity index is 1390. The monoisotopic (exact) mass is 480 g/mol. The first-order valence-electron chi connectivity index (χ1n) is 10.8. The van der Waals surface area contributed by atoms with E-state index >= 15 is 0 Å². The van der Waals surface area contributed by atoms with Crippen molar-refractivity contribution in [3.63, 3.8) is 0 Å². The maximum atomic E-state index is 14.5. The molecule has 34 heavy (non-hydrogen) atoms. The van der Waals surface area contributed by atoms with Crippen molar-refractivity contribution in [1.29, 1.82) is 5.26 Å². The van der Waals surface area contributed by atoms with Gasteiger partial charge in [-0.15, -0.1) is 12.4 Å². The number of fused-ring (bicyclic) bond motifs is 1. The van der Waals surface area contributed by atoms with Gasteiger partial charge in [-0.2, -0.15) is 5.26 Å². The molecular weight excluding hydrogens is 458 g/mol. The van der Waals surface area contributed by atoms with E-state index in [0.717, 1.165) is 37.1 Å². The lowest BCUT2D eigenvalue weighted by Crippen LogP contribution is -2.14. The Labute approximate surface area is 202 Å². The van der Waals surface area contributed by atoms with Crippen LogP contribution in [-0.4, -0.2) is 29.8 Å². The minimum Gasteiger partial charge on any atom is -0.494 e. The average Bonchev–Trinajstić information content (AvgIpc) is 3.48. The Balaban J connectivity index is 0.00000274. The highest BCUT2D eigenvalue weighted by atomic mass is 35.5. The van der Waals surface area contributed by atoms with Crippen LogP contribution in [0.2, 0.25) is 0 Å². The molecule has 4 aromatic rings. The third-order valence-electron chi connectivity index (χ3n) is 6.20. The van der Waals surface area contributed by atoms with E-state index in [-0.39, 0.29) is 23.7 Å². The summed E-state index contributed by atoms with van der Waals surface area (Å²) in [4.78, 5) is 4.85. The molecule has 1 saturated heterocycles. The summed E-state index contributed by atoms with van der Waals surface area (Å²) in [5, 5.41) is 12.5. The molecule has 0 spiro atoms. The van der Waals surface area contributed by atoms with E-state index < -0.39 is 11.6 Å². The molecule has 0 aliphatic carbocycles. The summed E-state index contributed by atoms with van der Waals surface area (Å²) in [7, 11) is 1.41. The number of nitrogens with one attached hydrogen (secondary N) is 1. The second-order valence-corrected chi connectivity index (χ2v) is 8.27. The fraction of sp³-hybridized carbons (Fsp3) is 0.231. The summed E-state index contributed by atoms with van der Waals surface area (Å²) in [5.41, 5.74) is 4.02. The smallest absolute Gasteiger partial charge is 0.165 e. The molecule has 2 aromatic heterocycles. The van der Waals surface area contributed by atoms with Crippen LogP contribution in [0.5, 0.6) is 5.75 Å². The second-order valence-electron chi connectivity index (χ2n) is 8.27. The Hall–Kier alpha value is -3.47. The van der Waals surface area contributed by atoms with Crippen molar-refractivity contribution in [2.45, 2.75) is 13.0 Å². The van der Waals surface area contributed by atoms with E-state index in [2.05, 4.69) is 9.88 Å². The van der Waals surface area contributed by atoms with E-state index in [0.29, 0.717) is 28.3 Å². The lowest BCUT2D eigenvalue weighted by molar-refractivity contribution is 0.386. The molecule has 1 aliphatic rings. The topological polar surface area (TPSA) is 62.9 Å². The van der Waals surface area contributed by atoms with Gasteiger partial charge in [0.05, 0.1) is 29.4 Å². The van der Waals surface area contributed by atoms with Gasteiger partial charge in [0.15, 0.2) is 11.6 Å². The predicted octanol–water partition coefficient (Wildman–Crippen LogP) is 5.56. The molecular formula is C26H23ClF2N4O. The molecule has 2 aromatic carbocycles. The van der Waals surface area contributed by atoms with Gasteiger partial charge >= 0.3 is 0 Å². The van der Waals surface area contributed by atoms with Crippen molar-refractivity contribution < 1.29 is 13.5 Å². The first-order chi connectivity index (χ1) is 16.1. The zero-order valence-electron chi connectivity index (χ0n) is 18.5. The number of ether oxygens (including phenoxy) is 1. The number of hydrogen-bond acceptors (Lipinski definition) is 4. The summed E-state index contributed by atoms with van der Waals surface area (Å²) in [6.07, 6.45) is 3.13. The van der Waals surface area contributed by atoms with Crippen LogP contribution in [0.4, 0.5) is 8.78 Å². The van der Waals surface area contributed by atoms with Crippen LogP contribution in [0.25, 0.3) is 33.4 Å². The Morgan fingerprint density at radius 3 is 2.59 bits per heavy atom. The third kappa shape index (κ3) is 4.35.